The zero-order valence-electron chi connectivity index (χ0n) is 23.1. The fourth-order valence-electron chi connectivity index (χ4n) is 5.31. The summed E-state index contributed by atoms with van der Waals surface area (Å²) >= 11 is 13.2. The van der Waals surface area contributed by atoms with Gasteiger partial charge in [0.1, 0.15) is 6.04 Å². The zero-order chi connectivity index (χ0) is 31.4. The van der Waals surface area contributed by atoms with Crippen molar-refractivity contribution in [3.05, 3.63) is 145 Å². The summed E-state index contributed by atoms with van der Waals surface area (Å²) in [6, 6.07) is 26.3. The molecular weight excluding hydrogens is 732 g/mol. The Labute approximate surface area is 277 Å². The van der Waals surface area contributed by atoms with Crippen LogP contribution in [0.3, 0.4) is 0 Å². The van der Waals surface area contributed by atoms with Crippen LogP contribution in [-0.4, -0.2) is 35.7 Å². The molecule has 0 radical (unpaired) electrons. The predicted molar refractivity (Wildman–Crippen MR) is 177 cm³/mol. The van der Waals surface area contributed by atoms with Gasteiger partial charge in [-0.1, -0.05) is 104 Å². The van der Waals surface area contributed by atoms with Gasteiger partial charge in [0.05, 0.1) is 17.0 Å². The molecule has 1 aliphatic rings. The number of benzene rings is 4. The normalized spacial score (nSPS) is 17.8. The second-order valence-corrected chi connectivity index (χ2v) is 14.4. The molecule has 0 saturated carbocycles. The number of rotatable bonds is 9. The lowest BCUT2D eigenvalue weighted by atomic mass is 9.88. The quantitative estimate of drug-likeness (QED) is 0.184. The molecule has 0 bridgehead atoms. The van der Waals surface area contributed by atoms with Gasteiger partial charge in [-0.05, 0) is 71.6 Å². The summed E-state index contributed by atoms with van der Waals surface area (Å²) in [6.07, 6.45) is 1.91. The summed E-state index contributed by atoms with van der Waals surface area (Å²) in [4.78, 5) is 26.3. The number of carboxylic acids is 1. The summed E-state index contributed by atoms with van der Waals surface area (Å²) in [5.74, 6) is -1.87. The number of carbonyl (C=O) groups excluding carboxylic acids is 1. The van der Waals surface area contributed by atoms with Crippen LogP contribution < -0.4 is 5.32 Å². The summed E-state index contributed by atoms with van der Waals surface area (Å²) in [7, 11) is -4.24. The van der Waals surface area contributed by atoms with Gasteiger partial charge in [0.2, 0.25) is 15.9 Å². The summed E-state index contributed by atoms with van der Waals surface area (Å²) < 4.78 is 31.9. The molecule has 1 amide bonds. The Morgan fingerprint density at radius 2 is 1.57 bits per heavy atom. The monoisotopic (exact) mass is 756 g/mol. The van der Waals surface area contributed by atoms with E-state index in [4.69, 9.17) is 11.6 Å². The van der Waals surface area contributed by atoms with Crippen LogP contribution in [0.5, 0.6) is 0 Å². The van der Waals surface area contributed by atoms with Crippen molar-refractivity contribution in [3.63, 3.8) is 0 Å². The lowest BCUT2D eigenvalue weighted by molar-refractivity contribution is -0.141. The lowest BCUT2D eigenvalue weighted by Gasteiger charge is -2.41. The van der Waals surface area contributed by atoms with E-state index in [2.05, 4.69) is 37.2 Å². The SMILES string of the molecule is O=C(N[C@@H](Cc1ccccc1)C(=O)O)C1=CC[C@@H](c2cccc(Cl)c2)N(S(=O)(=O)c2ccc(Br)cc2)[C@H]1c1cccc(Br)c1. The number of sulfonamides is 1. The Bertz CT molecular complexity index is 1820. The molecule has 0 aromatic heterocycles. The molecule has 1 aliphatic heterocycles. The molecular formula is C33H27Br2ClN2O5S. The number of halogens is 3. The van der Waals surface area contributed by atoms with Gasteiger partial charge in [-0.15, -0.1) is 0 Å². The summed E-state index contributed by atoms with van der Waals surface area (Å²) in [6.45, 7) is 0. The van der Waals surface area contributed by atoms with Gasteiger partial charge in [-0.25, -0.2) is 13.2 Å². The number of aliphatic carboxylic acids is 1. The highest BCUT2D eigenvalue weighted by Crippen LogP contribution is 2.46. The first kappa shape index (κ1) is 32.1. The van der Waals surface area contributed by atoms with E-state index in [-0.39, 0.29) is 23.3 Å². The Morgan fingerprint density at radius 3 is 2.23 bits per heavy atom. The van der Waals surface area contributed by atoms with Gasteiger partial charge in [-0.3, -0.25) is 4.79 Å². The van der Waals surface area contributed by atoms with Crippen LogP contribution in [-0.2, 0) is 26.0 Å². The highest BCUT2D eigenvalue weighted by molar-refractivity contribution is 9.10. The van der Waals surface area contributed by atoms with E-state index in [1.54, 1.807) is 91.0 Å². The second kappa shape index (κ2) is 13.8. The average Bonchev–Trinajstić information content (AvgIpc) is 3.00. The van der Waals surface area contributed by atoms with E-state index in [0.29, 0.717) is 25.1 Å². The van der Waals surface area contributed by atoms with Crippen LogP contribution in [0.25, 0.3) is 0 Å². The molecule has 4 aromatic rings. The third kappa shape index (κ3) is 7.16. The fourth-order valence-corrected chi connectivity index (χ4v) is 7.97. The Morgan fingerprint density at radius 1 is 0.886 bits per heavy atom. The molecule has 0 fully saturated rings. The Kier molecular flexibility index (Phi) is 10.1. The van der Waals surface area contributed by atoms with E-state index in [1.165, 1.54) is 16.4 Å². The number of amides is 1. The molecule has 2 N–H and O–H groups in total. The van der Waals surface area contributed by atoms with Crippen molar-refractivity contribution in [2.75, 3.05) is 0 Å². The van der Waals surface area contributed by atoms with Gasteiger partial charge in [0.15, 0.2) is 0 Å². The molecule has 1 heterocycles. The first-order chi connectivity index (χ1) is 21.0. The maximum Gasteiger partial charge on any atom is 0.326 e. The van der Waals surface area contributed by atoms with E-state index in [0.717, 1.165) is 5.56 Å². The molecule has 226 valence electrons. The van der Waals surface area contributed by atoms with Gasteiger partial charge < -0.3 is 10.4 Å². The van der Waals surface area contributed by atoms with Crippen LogP contribution in [0.1, 0.15) is 35.2 Å². The van der Waals surface area contributed by atoms with Crippen molar-refractivity contribution in [1.29, 1.82) is 0 Å². The van der Waals surface area contributed by atoms with Crippen LogP contribution >= 0.6 is 43.5 Å². The predicted octanol–water partition coefficient (Wildman–Crippen LogP) is 7.48. The summed E-state index contributed by atoms with van der Waals surface area (Å²) in [5.41, 5.74) is 2.05. The minimum Gasteiger partial charge on any atom is -0.480 e. The van der Waals surface area contributed by atoms with Crippen molar-refractivity contribution in [3.8, 4) is 0 Å². The molecule has 44 heavy (non-hydrogen) atoms. The number of carbonyl (C=O) groups is 2. The maximum absolute atomic E-state index is 14.6. The number of nitrogens with one attached hydrogen (secondary N) is 1. The topological polar surface area (TPSA) is 104 Å². The molecule has 3 atom stereocenters. The fraction of sp³-hybridized carbons (Fsp3) is 0.152. The average molecular weight is 759 g/mol. The van der Waals surface area contributed by atoms with E-state index < -0.39 is 40.0 Å². The third-order valence-electron chi connectivity index (χ3n) is 7.35. The number of hydrogen-bond acceptors (Lipinski definition) is 4. The molecule has 0 saturated heterocycles. The molecule has 0 aliphatic carbocycles. The molecule has 0 spiro atoms. The number of nitrogens with zero attached hydrogens (tertiary/aromatic N) is 1. The third-order valence-corrected chi connectivity index (χ3v) is 10.5. The molecule has 4 aromatic carbocycles. The van der Waals surface area contributed by atoms with Crippen molar-refractivity contribution >= 4 is 65.4 Å². The zero-order valence-corrected chi connectivity index (χ0v) is 27.9. The van der Waals surface area contributed by atoms with E-state index in [9.17, 15) is 23.1 Å². The van der Waals surface area contributed by atoms with Gasteiger partial charge in [0, 0.05) is 26.0 Å². The second-order valence-electron chi connectivity index (χ2n) is 10.3. The minimum atomic E-state index is -4.24. The van der Waals surface area contributed by atoms with E-state index in [1.807, 2.05) is 6.07 Å². The first-order valence-corrected chi connectivity index (χ1v) is 17.0. The molecule has 0 unspecified atom stereocenters. The number of carboxylic acid groups (broad SMARTS) is 1. The lowest BCUT2D eigenvalue weighted by Crippen LogP contribution is -2.48. The Hall–Kier alpha value is -3.28. The van der Waals surface area contributed by atoms with E-state index >= 15 is 0 Å². The van der Waals surface area contributed by atoms with Crippen LogP contribution in [0.4, 0.5) is 0 Å². The van der Waals surface area contributed by atoms with Crippen LogP contribution in [0, 0.1) is 0 Å². The standard InChI is InChI=1S/C33H27Br2ClN2O5S/c34-24-12-14-27(15-13-24)44(42,43)38-30(22-8-5-11-26(36)20-22)17-16-28(31(38)23-9-4-10-25(35)19-23)32(39)37-29(33(40)41)18-21-6-2-1-3-7-21/h1-16,19-20,29-31H,17-18H2,(H,37,39)(H,40,41)/t29-,30-,31-/m0/s1. The van der Waals surface area contributed by atoms with Gasteiger partial charge >= 0.3 is 5.97 Å². The maximum atomic E-state index is 14.6. The van der Waals surface area contributed by atoms with Crippen molar-refractivity contribution in [2.24, 2.45) is 0 Å². The van der Waals surface area contributed by atoms with Gasteiger partial charge in [-0.2, -0.15) is 4.31 Å². The molecule has 5 rings (SSSR count). The summed E-state index contributed by atoms with van der Waals surface area (Å²) in [5, 5.41) is 13.1. The highest BCUT2D eigenvalue weighted by Gasteiger charge is 2.45. The number of hydrogen-bond donors (Lipinski definition) is 2. The van der Waals surface area contributed by atoms with Crippen molar-refractivity contribution < 1.29 is 23.1 Å². The smallest absolute Gasteiger partial charge is 0.326 e. The Balaban J connectivity index is 1.65. The first-order valence-electron chi connectivity index (χ1n) is 13.6. The largest absolute Gasteiger partial charge is 0.480 e. The van der Waals surface area contributed by atoms with Crippen molar-refractivity contribution in [2.45, 2.75) is 35.9 Å². The van der Waals surface area contributed by atoms with Crippen LogP contribution in [0.2, 0.25) is 5.02 Å². The minimum absolute atomic E-state index is 0.0434. The molecule has 11 heteroatoms. The van der Waals surface area contributed by atoms with Crippen molar-refractivity contribution in [1.82, 2.24) is 9.62 Å². The van der Waals surface area contributed by atoms with Gasteiger partial charge in [0.25, 0.3) is 0 Å². The highest BCUT2D eigenvalue weighted by atomic mass is 79.9. The van der Waals surface area contributed by atoms with Crippen LogP contribution in [0.15, 0.2) is 129 Å². The molecule has 7 nitrogen and oxygen atoms in total.